The van der Waals surface area contributed by atoms with E-state index in [1.54, 1.807) is 0 Å². The fourth-order valence-corrected chi connectivity index (χ4v) is 2.07. The molecule has 2 N–H and O–H groups in total. The summed E-state index contributed by atoms with van der Waals surface area (Å²) < 4.78 is 0. The Kier molecular flexibility index (Phi) is 5.97. The number of hydrogen-bond donors (Lipinski definition) is 2. The monoisotopic (exact) mass is 267 g/mol. The van der Waals surface area contributed by atoms with Crippen molar-refractivity contribution >= 4 is 11.4 Å². The van der Waals surface area contributed by atoms with Gasteiger partial charge in [0, 0.05) is 24.5 Å². The van der Waals surface area contributed by atoms with Crippen LogP contribution in [0.1, 0.15) is 19.8 Å². The van der Waals surface area contributed by atoms with Crippen LogP contribution < -0.4 is 10.6 Å². The maximum absolute atomic E-state index is 3.44. The van der Waals surface area contributed by atoms with Crippen molar-refractivity contribution in [3.8, 4) is 0 Å². The van der Waals surface area contributed by atoms with Gasteiger partial charge in [-0.2, -0.15) is 0 Å². The molecule has 105 valence electrons. The first-order chi connectivity index (χ1) is 9.84. The second-order valence-electron chi connectivity index (χ2n) is 5.09. The second kappa shape index (κ2) is 8.26. The third-order valence-electron chi connectivity index (χ3n) is 3.25. The van der Waals surface area contributed by atoms with E-state index in [1.807, 2.05) is 24.3 Å². The highest BCUT2D eigenvalue weighted by Crippen LogP contribution is 2.13. The third kappa shape index (κ3) is 5.35. The third-order valence-corrected chi connectivity index (χ3v) is 3.25. The molecule has 0 heterocycles. The van der Waals surface area contributed by atoms with Crippen LogP contribution in [0.2, 0.25) is 0 Å². The number of rotatable bonds is 8. The van der Waals surface area contributed by atoms with Gasteiger partial charge in [0.1, 0.15) is 0 Å². The average Bonchev–Trinajstić information content (AvgIpc) is 2.52. The Hall–Kier alpha value is -1.96. The molecule has 1 atom stereocenters. The molecule has 20 heavy (non-hydrogen) atoms. The molecule has 2 aromatic rings. The van der Waals surface area contributed by atoms with Crippen molar-refractivity contribution in [2.24, 2.45) is 5.92 Å². The minimum absolute atomic E-state index is 0.563. The summed E-state index contributed by atoms with van der Waals surface area (Å²) in [5.74, 6) is 0.563. The molecule has 0 amide bonds. The molecule has 2 nitrogen and oxygen atoms in total. The molecule has 0 bridgehead atoms. The van der Waals surface area contributed by atoms with Crippen molar-refractivity contribution in [2.75, 3.05) is 17.2 Å². The van der Waals surface area contributed by atoms with Crippen LogP contribution in [0.15, 0.2) is 60.7 Å². The predicted octanol–water partition coefficient (Wildman–Crippen LogP) is 4.79. The van der Waals surface area contributed by atoms with Crippen molar-refractivity contribution in [3.05, 3.63) is 67.2 Å². The van der Waals surface area contributed by atoms with Crippen molar-refractivity contribution < 1.29 is 0 Å². The first-order valence-electron chi connectivity index (χ1n) is 7.28. The molecule has 1 radical (unpaired) electrons. The quantitative estimate of drug-likeness (QED) is 0.672. The highest BCUT2D eigenvalue weighted by atomic mass is 14.9. The second-order valence-corrected chi connectivity index (χ2v) is 5.09. The summed E-state index contributed by atoms with van der Waals surface area (Å²) in [6.45, 7) is 5.45. The molecular weight excluding hydrogens is 244 g/mol. The van der Waals surface area contributed by atoms with Gasteiger partial charge in [0.05, 0.1) is 0 Å². The SMILES string of the molecule is CC([CH]Nc1ccccc1)CCCNc1ccccc1. The van der Waals surface area contributed by atoms with Crippen molar-refractivity contribution in [1.29, 1.82) is 0 Å². The van der Waals surface area contributed by atoms with E-state index < -0.39 is 0 Å². The highest BCUT2D eigenvalue weighted by molar-refractivity contribution is 5.44. The molecule has 0 saturated heterocycles. The van der Waals surface area contributed by atoms with Crippen LogP contribution in [-0.2, 0) is 0 Å². The van der Waals surface area contributed by atoms with Gasteiger partial charge in [0.25, 0.3) is 0 Å². The largest absolute Gasteiger partial charge is 0.385 e. The van der Waals surface area contributed by atoms with E-state index in [0.717, 1.165) is 12.2 Å². The van der Waals surface area contributed by atoms with Crippen LogP contribution in [0, 0.1) is 12.5 Å². The van der Waals surface area contributed by atoms with Gasteiger partial charge in [0.15, 0.2) is 0 Å². The molecule has 2 aromatic carbocycles. The molecule has 0 aromatic heterocycles. The lowest BCUT2D eigenvalue weighted by molar-refractivity contribution is 0.589. The molecule has 2 rings (SSSR count). The van der Waals surface area contributed by atoms with E-state index in [-0.39, 0.29) is 0 Å². The number of anilines is 2. The van der Waals surface area contributed by atoms with Gasteiger partial charge in [-0.1, -0.05) is 43.3 Å². The Morgan fingerprint density at radius 1 is 0.900 bits per heavy atom. The van der Waals surface area contributed by atoms with Crippen LogP contribution in [-0.4, -0.2) is 6.54 Å². The highest BCUT2D eigenvalue weighted by Gasteiger charge is 2.02. The van der Waals surface area contributed by atoms with Gasteiger partial charge in [-0.3, -0.25) is 0 Å². The lowest BCUT2D eigenvalue weighted by Gasteiger charge is -2.13. The summed E-state index contributed by atoms with van der Waals surface area (Å²) in [7, 11) is 0. The molecule has 0 aliphatic carbocycles. The van der Waals surface area contributed by atoms with Gasteiger partial charge in [-0.05, 0) is 43.0 Å². The van der Waals surface area contributed by atoms with Crippen LogP contribution in [0.25, 0.3) is 0 Å². The number of benzene rings is 2. The van der Waals surface area contributed by atoms with E-state index in [0.29, 0.717) is 5.92 Å². The number of nitrogens with one attached hydrogen (secondary N) is 2. The van der Waals surface area contributed by atoms with Crippen molar-refractivity contribution in [3.63, 3.8) is 0 Å². The molecule has 1 unspecified atom stereocenters. The average molecular weight is 267 g/mol. The Bertz CT molecular complexity index is 467. The van der Waals surface area contributed by atoms with Gasteiger partial charge in [-0.25, -0.2) is 0 Å². The summed E-state index contributed by atoms with van der Waals surface area (Å²) in [4.78, 5) is 0. The standard InChI is InChI=1S/C18H23N2/c1-16(15-20-18-12-6-3-7-13-18)9-8-14-19-17-10-4-2-5-11-17/h2-7,10-13,15-16,19-20H,8-9,14H2,1H3. The number of hydrogen-bond acceptors (Lipinski definition) is 2. The molecular formula is C18H23N2. The zero-order valence-electron chi connectivity index (χ0n) is 12.0. The van der Waals surface area contributed by atoms with Gasteiger partial charge in [-0.15, -0.1) is 0 Å². The zero-order chi connectivity index (χ0) is 14.0. The summed E-state index contributed by atoms with van der Waals surface area (Å²) in [5.41, 5.74) is 2.35. The summed E-state index contributed by atoms with van der Waals surface area (Å²) in [6.07, 6.45) is 2.35. The zero-order valence-corrected chi connectivity index (χ0v) is 12.0. The van der Waals surface area contributed by atoms with Crippen LogP contribution in [0.5, 0.6) is 0 Å². The van der Waals surface area contributed by atoms with Gasteiger partial charge >= 0.3 is 0 Å². The van der Waals surface area contributed by atoms with E-state index >= 15 is 0 Å². The lowest BCUT2D eigenvalue weighted by atomic mass is 10.1. The molecule has 0 spiro atoms. The van der Waals surface area contributed by atoms with E-state index in [2.05, 4.69) is 60.5 Å². The normalized spacial score (nSPS) is 11.8. The van der Waals surface area contributed by atoms with E-state index in [4.69, 9.17) is 0 Å². The lowest BCUT2D eigenvalue weighted by Crippen LogP contribution is -2.08. The van der Waals surface area contributed by atoms with Crippen LogP contribution in [0.3, 0.4) is 0 Å². The number of para-hydroxylation sites is 2. The van der Waals surface area contributed by atoms with Crippen molar-refractivity contribution in [1.82, 2.24) is 0 Å². The topological polar surface area (TPSA) is 24.1 Å². The smallest absolute Gasteiger partial charge is 0.0490 e. The summed E-state index contributed by atoms with van der Waals surface area (Å²) >= 11 is 0. The van der Waals surface area contributed by atoms with E-state index in [1.165, 1.54) is 18.5 Å². The first-order valence-corrected chi connectivity index (χ1v) is 7.28. The Labute approximate surface area is 122 Å². The maximum atomic E-state index is 3.44. The molecule has 0 aliphatic heterocycles. The fraction of sp³-hybridized carbons (Fsp3) is 0.278. The molecule has 2 heteroatoms. The Morgan fingerprint density at radius 2 is 1.50 bits per heavy atom. The van der Waals surface area contributed by atoms with Crippen LogP contribution in [0.4, 0.5) is 11.4 Å². The first kappa shape index (κ1) is 14.4. The molecule has 0 aliphatic rings. The van der Waals surface area contributed by atoms with E-state index in [9.17, 15) is 0 Å². The Morgan fingerprint density at radius 3 is 2.15 bits per heavy atom. The Balaban J connectivity index is 1.57. The molecule has 0 saturated carbocycles. The summed E-state index contributed by atoms with van der Waals surface area (Å²) in [5, 5.41) is 6.80. The minimum atomic E-state index is 0.563. The minimum Gasteiger partial charge on any atom is -0.385 e. The van der Waals surface area contributed by atoms with Crippen molar-refractivity contribution in [2.45, 2.75) is 19.8 Å². The van der Waals surface area contributed by atoms with Gasteiger partial charge < -0.3 is 10.6 Å². The predicted molar refractivity (Wildman–Crippen MR) is 87.7 cm³/mol. The van der Waals surface area contributed by atoms with Gasteiger partial charge in [0.2, 0.25) is 0 Å². The summed E-state index contributed by atoms with van der Waals surface area (Å²) in [6, 6.07) is 20.7. The fourth-order valence-electron chi connectivity index (χ4n) is 2.07. The molecule has 0 fully saturated rings. The maximum Gasteiger partial charge on any atom is 0.0490 e. The van der Waals surface area contributed by atoms with Crippen LogP contribution >= 0.6 is 0 Å².